The van der Waals surface area contributed by atoms with E-state index in [-0.39, 0.29) is 11.7 Å². The number of rotatable bonds is 2. The Bertz CT molecular complexity index is 975. The van der Waals surface area contributed by atoms with Gasteiger partial charge in [-0.3, -0.25) is 4.79 Å². The summed E-state index contributed by atoms with van der Waals surface area (Å²) >= 11 is 0. The molecule has 0 unspecified atom stereocenters. The maximum Gasteiger partial charge on any atom is 0.272 e. The zero-order chi connectivity index (χ0) is 18.3. The summed E-state index contributed by atoms with van der Waals surface area (Å²) in [5.74, 6) is -0.306. The van der Waals surface area contributed by atoms with E-state index in [1.165, 1.54) is 12.3 Å². The summed E-state index contributed by atoms with van der Waals surface area (Å²) in [7, 11) is 3.90. The van der Waals surface area contributed by atoms with Crippen molar-refractivity contribution in [3.05, 3.63) is 48.2 Å². The molecule has 3 heterocycles. The van der Waals surface area contributed by atoms with E-state index >= 15 is 0 Å². The molecule has 0 atom stereocenters. The molecule has 1 aliphatic heterocycles. The molecule has 0 aliphatic carbocycles. The van der Waals surface area contributed by atoms with E-state index in [1.54, 1.807) is 17.0 Å². The smallest absolute Gasteiger partial charge is 0.272 e. The molecule has 3 aromatic rings. The van der Waals surface area contributed by atoms with E-state index in [9.17, 15) is 9.18 Å². The van der Waals surface area contributed by atoms with Gasteiger partial charge in [-0.15, -0.1) is 0 Å². The van der Waals surface area contributed by atoms with Crippen LogP contribution < -0.4 is 0 Å². The highest BCUT2D eigenvalue weighted by molar-refractivity contribution is 5.93. The normalized spacial score (nSPS) is 15.6. The summed E-state index contributed by atoms with van der Waals surface area (Å²) in [4.78, 5) is 25.2. The fraction of sp³-hybridized carbons (Fsp3) is 0.316. The van der Waals surface area contributed by atoms with Gasteiger partial charge < -0.3 is 14.4 Å². The molecule has 1 aliphatic rings. The second-order valence-electron chi connectivity index (χ2n) is 6.68. The number of hydrogen-bond donors (Lipinski definition) is 0. The van der Waals surface area contributed by atoms with Gasteiger partial charge in [0, 0.05) is 51.0 Å². The lowest BCUT2D eigenvalue weighted by Crippen LogP contribution is -2.47. The van der Waals surface area contributed by atoms with Crippen LogP contribution in [-0.2, 0) is 7.05 Å². The minimum atomic E-state index is -0.400. The number of amides is 1. The molecule has 0 spiro atoms. The topological polar surface area (TPSA) is 54.3 Å². The van der Waals surface area contributed by atoms with Crippen molar-refractivity contribution in [1.29, 1.82) is 0 Å². The predicted molar refractivity (Wildman–Crippen MR) is 97.3 cm³/mol. The number of fused-ring (bicyclic) bond motifs is 1. The Morgan fingerprint density at radius 1 is 1.12 bits per heavy atom. The molecule has 26 heavy (non-hydrogen) atoms. The number of carbonyl (C=O) groups is 1. The Morgan fingerprint density at radius 2 is 1.88 bits per heavy atom. The van der Waals surface area contributed by atoms with Gasteiger partial charge in [-0.25, -0.2) is 14.4 Å². The van der Waals surface area contributed by atoms with Crippen molar-refractivity contribution in [1.82, 2.24) is 24.3 Å². The van der Waals surface area contributed by atoms with Crippen LogP contribution in [0.25, 0.3) is 22.3 Å². The lowest BCUT2D eigenvalue weighted by atomic mass is 10.1. The van der Waals surface area contributed by atoms with E-state index in [1.807, 2.05) is 30.9 Å². The quantitative estimate of drug-likeness (QED) is 0.709. The Morgan fingerprint density at radius 3 is 2.65 bits per heavy atom. The fourth-order valence-electron chi connectivity index (χ4n) is 3.24. The van der Waals surface area contributed by atoms with Crippen LogP contribution >= 0.6 is 0 Å². The number of carbonyl (C=O) groups excluding carboxylic acids is 1. The molecule has 4 rings (SSSR count). The third kappa shape index (κ3) is 2.94. The molecule has 0 saturated carbocycles. The monoisotopic (exact) mass is 353 g/mol. The molecule has 6 nitrogen and oxygen atoms in total. The summed E-state index contributed by atoms with van der Waals surface area (Å²) < 4.78 is 16.5. The SMILES string of the molecule is CN1CCN(C(=O)c2ccnc(-c3cc4ccn(C)c4cc3F)n2)CC1. The number of halogens is 1. The van der Waals surface area contributed by atoms with Crippen molar-refractivity contribution in [2.75, 3.05) is 33.2 Å². The largest absolute Gasteiger partial charge is 0.350 e. The molecule has 1 fully saturated rings. The molecule has 2 aromatic heterocycles. The van der Waals surface area contributed by atoms with E-state index < -0.39 is 5.82 Å². The molecule has 1 aromatic carbocycles. The van der Waals surface area contributed by atoms with Gasteiger partial charge in [-0.2, -0.15) is 0 Å². The maximum atomic E-state index is 14.6. The second kappa shape index (κ2) is 6.49. The molecule has 7 heteroatoms. The number of aromatic nitrogens is 3. The minimum absolute atomic E-state index is 0.136. The Hall–Kier alpha value is -2.80. The first-order valence-electron chi connectivity index (χ1n) is 8.59. The first-order valence-corrected chi connectivity index (χ1v) is 8.59. The van der Waals surface area contributed by atoms with Crippen molar-refractivity contribution in [3.8, 4) is 11.4 Å². The maximum absolute atomic E-state index is 14.6. The Balaban J connectivity index is 1.67. The molecular formula is C19H20FN5O. The second-order valence-corrected chi connectivity index (χ2v) is 6.68. The first kappa shape index (κ1) is 16.7. The number of hydrogen-bond acceptors (Lipinski definition) is 4. The number of aryl methyl sites for hydroxylation is 1. The van der Waals surface area contributed by atoms with E-state index in [0.717, 1.165) is 24.0 Å². The van der Waals surface area contributed by atoms with Crippen LogP contribution in [0.1, 0.15) is 10.5 Å². The highest BCUT2D eigenvalue weighted by Crippen LogP contribution is 2.26. The third-order valence-electron chi connectivity index (χ3n) is 4.88. The van der Waals surface area contributed by atoms with Crippen LogP contribution in [0.15, 0.2) is 36.7 Å². The summed E-state index contributed by atoms with van der Waals surface area (Å²) in [6.07, 6.45) is 3.39. The molecular weight excluding hydrogens is 333 g/mol. The zero-order valence-corrected chi connectivity index (χ0v) is 14.8. The van der Waals surface area contributed by atoms with Crippen LogP contribution in [-0.4, -0.2) is 63.5 Å². The Kier molecular flexibility index (Phi) is 4.16. The standard InChI is InChI=1S/C19H20FN5O/c1-23-7-9-25(10-8-23)19(26)16-3-5-21-18(22-16)14-11-13-4-6-24(2)17(13)12-15(14)20/h3-6,11-12H,7-10H2,1-2H3. The van der Waals surface area contributed by atoms with Crippen LogP contribution in [0.4, 0.5) is 4.39 Å². The first-order chi connectivity index (χ1) is 12.5. The van der Waals surface area contributed by atoms with Gasteiger partial charge in [-0.05, 0) is 31.3 Å². The van der Waals surface area contributed by atoms with Crippen LogP contribution in [0.3, 0.4) is 0 Å². The van der Waals surface area contributed by atoms with Gasteiger partial charge in [0.25, 0.3) is 5.91 Å². The third-order valence-corrected chi connectivity index (χ3v) is 4.88. The zero-order valence-electron chi connectivity index (χ0n) is 14.8. The van der Waals surface area contributed by atoms with Gasteiger partial charge >= 0.3 is 0 Å². The Labute approximate surface area is 150 Å². The number of piperazine rings is 1. The molecule has 0 radical (unpaired) electrons. The molecule has 0 N–H and O–H groups in total. The molecule has 1 amide bonds. The van der Waals surface area contributed by atoms with Crippen molar-refractivity contribution in [2.24, 2.45) is 7.05 Å². The van der Waals surface area contributed by atoms with E-state index in [0.29, 0.717) is 24.3 Å². The summed E-state index contributed by atoms with van der Waals surface area (Å²) in [5.41, 5.74) is 1.40. The van der Waals surface area contributed by atoms with Gasteiger partial charge in [-0.1, -0.05) is 0 Å². The summed E-state index contributed by atoms with van der Waals surface area (Å²) in [6.45, 7) is 3.00. The molecule has 134 valence electrons. The average Bonchev–Trinajstić information content (AvgIpc) is 3.01. The predicted octanol–water partition coefficient (Wildman–Crippen LogP) is 2.16. The van der Waals surface area contributed by atoms with Crippen LogP contribution in [0.5, 0.6) is 0 Å². The van der Waals surface area contributed by atoms with Crippen molar-refractivity contribution >= 4 is 16.8 Å². The average molecular weight is 353 g/mol. The summed E-state index contributed by atoms with van der Waals surface area (Å²) in [6, 6.07) is 6.70. The lowest BCUT2D eigenvalue weighted by molar-refractivity contribution is 0.0658. The fourth-order valence-corrected chi connectivity index (χ4v) is 3.24. The van der Waals surface area contributed by atoms with Crippen molar-refractivity contribution in [3.63, 3.8) is 0 Å². The summed E-state index contributed by atoms with van der Waals surface area (Å²) in [5, 5.41) is 0.906. The van der Waals surface area contributed by atoms with E-state index in [2.05, 4.69) is 14.9 Å². The minimum Gasteiger partial charge on any atom is -0.350 e. The van der Waals surface area contributed by atoms with Gasteiger partial charge in [0.05, 0.1) is 11.1 Å². The number of likely N-dealkylation sites (N-methyl/N-ethyl adjacent to an activating group) is 1. The highest BCUT2D eigenvalue weighted by atomic mass is 19.1. The van der Waals surface area contributed by atoms with E-state index in [4.69, 9.17) is 0 Å². The van der Waals surface area contributed by atoms with Gasteiger partial charge in [0.2, 0.25) is 0 Å². The number of benzene rings is 1. The molecule has 1 saturated heterocycles. The van der Waals surface area contributed by atoms with Crippen molar-refractivity contribution < 1.29 is 9.18 Å². The van der Waals surface area contributed by atoms with Gasteiger partial charge in [0.15, 0.2) is 5.82 Å². The van der Waals surface area contributed by atoms with Crippen molar-refractivity contribution in [2.45, 2.75) is 0 Å². The number of nitrogens with zero attached hydrogens (tertiary/aromatic N) is 5. The lowest BCUT2D eigenvalue weighted by Gasteiger charge is -2.32. The van der Waals surface area contributed by atoms with Crippen LogP contribution in [0.2, 0.25) is 0 Å². The van der Waals surface area contributed by atoms with Gasteiger partial charge in [0.1, 0.15) is 11.5 Å². The highest BCUT2D eigenvalue weighted by Gasteiger charge is 2.22. The van der Waals surface area contributed by atoms with Crippen LogP contribution in [0, 0.1) is 5.82 Å². The molecule has 0 bridgehead atoms.